The highest BCUT2D eigenvalue weighted by molar-refractivity contribution is 7.80. The Morgan fingerprint density at radius 1 is 0.800 bits per heavy atom. The van der Waals surface area contributed by atoms with Crippen LogP contribution in [0.25, 0.3) is 0 Å². The fourth-order valence-corrected chi connectivity index (χ4v) is 5.89. The normalized spacial score (nSPS) is 10.7. The zero-order valence-corrected chi connectivity index (χ0v) is 18.6. The summed E-state index contributed by atoms with van der Waals surface area (Å²) in [7, 11) is 0.657. The fraction of sp³-hybridized carbons (Fsp3) is 0.200. The summed E-state index contributed by atoms with van der Waals surface area (Å²) in [6, 6.07) is 24.4. The lowest BCUT2D eigenvalue weighted by Crippen LogP contribution is -2.33. The van der Waals surface area contributed by atoms with E-state index in [0.29, 0.717) is 5.75 Å². The minimum absolute atomic E-state index is 0.0870. The molecule has 0 radical (unpaired) electrons. The predicted molar refractivity (Wildman–Crippen MR) is 124 cm³/mol. The van der Waals surface area contributed by atoms with Crippen LogP contribution in [0, 0.1) is 13.8 Å². The molecule has 0 saturated carbocycles. The number of hydrogen-bond acceptors (Lipinski definition) is 3. The summed E-state index contributed by atoms with van der Waals surface area (Å²) in [6.45, 7) is 5.56. The van der Waals surface area contributed by atoms with Crippen molar-refractivity contribution in [2.45, 2.75) is 20.8 Å². The topological polar surface area (TPSA) is 46.6 Å². The molecule has 0 aliphatic carbocycles. The second-order valence-electron chi connectivity index (χ2n) is 7.23. The molecule has 1 amide bonds. The van der Waals surface area contributed by atoms with Gasteiger partial charge in [0, 0.05) is 19.3 Å². The zero-order valence-electron chi connectivity index (χ0n) is 17.8. The summed E-state index contributed by atoms with van der Waals surface area (Å²) in [5.41, 5.74) is 2.40. The molecule has 0 atom stereocenters. The number of carbonyl (C=O) groups excluding carboxylic acids is 2. The van der Waals surface area contributed by atoms with Gasteiger partial charge in [-0.25, -0.2) is 4.79 Å². The van der Waals surface area contributed by atoms with Crippen molar-refractivity contribution in [1.29, 1.82) is 0 Å². The summed E-state index contributed by atoms with van der Waals surface area (Å²) in [6.07, 6.45) is 0. The molecule has 0 heterocycles. The first-order valence-corrected chi connectivity index (χ1v) is 11.2. The molecular formula is C25H26NO3P. The van der Waals surface area contributed by atoms with Gasteiger partial charge in [0.05, 0.1) is 0 Å². The van der Waals surface area contributed by atoms with Crippen molar-refractivity contribution in [3.05, 3.63) is 83.9 Å². The highest BCUT2D eigenvalue weighted by atomic mass is 31.1. The number of rotatable bonds is 6. The maximum atomic E-state index is 12.5. The SMILES string of the molecule is CC(=O)N(C)CC(=O)Oc1ccccc1P(c1ccccc1C)c1ccccc1C. The van der Waals surface area contributed by atoms with Crippen LogP contribution in [0.3, 0.4) is 0 Å². The van der Waals surface area contributed by atoms with E-state index in [1.165, 1.54) is 33.6 Å². The number of carbonyl (C=O) groups is 2. The van der Waals surface area contributed by atoms with Crippen molar-refractivity contribution in [2.75, 3.05) is 13.6 Å². The molecule has 0 saturated heterocycles. The van der Waals surface area contributed by atoms with Crippen LogP contribution in [0.15, 0.2) is 72.8 Å². The number of likely N-dealkylation sites (N-methyl/N-ethyl adjacent to an activating group) is 1. The van der Waals surface area contributed by atoms with Gasteiger partial charge in [0.15, 0.2) is 0 Å². The van der Waals surface area contributed by atoms with Crippen molar-refractivity contribution in [2.24, 2.45) is 0 Å². The second-order valence-corrected chi connectivity index (χ2v) is 9.34. The molecule has 154 valence electrons. The molecule has 3 aromatic rings. The standard InChI is InChI=1S/C25H26NO3P/c1-18-11-5-8-14-22(18)30(23-15-9-6-12-19(23)2)24-16-10-7-13-21(24)29-25(28)17-26(4)20(3)27/h5-16H,17H2,1-4H3. The Balaban J connectivity index is 2.08. The monoisotopic (exact) mass is 419 g/mol. The van der Waals surface area contributed by atoms with E-state index in [-0.39, 0.29) is 12.5 Å². The highest BCUT2D eigenvalue weighted by Crippen LogP contribution is 2.38. The van der Waals surface area contributed by atoms with Crippen LogP contribution in [0.2, 0.25) is 0 Å². The van der Waals surface area contributed by atoms with Crippen molar-refractivity contribution in [3.8, 4) is 5.75 Å². The molecule has 0 spiro atoms. The van der Waals surface area contributed by atoms with Gasteiger partial charge in [0.2, 0.25) is 5.91 Å². The van der Waals surface area contributed by atoms with E-state index in [2.05, 4.69) is 38.1 Å². The Kier molecular flexibility index (Phi) is 7.02. The van der Waals surface area contributed by atoms with Crippen LogP contribution in [-0.2, 0) is 9.59 Å². The van der Waals surface area contributed by atoms with E-state index in [9.17, 15) is 9.59 Å². The Hall–Kier alpha value is -2.97. The smallest absolute Gasteiger partial charge is 0.331 e. The Morgan fingerprint density at radius 2 is 1.27 bits per heavy atom. The number of aryl methyl sites for hydroxylation is 2. The highest BCUT2D eigenvalue weighted by Gasteiger charge is 2.24. The van der Waals surface area contributed by atoms with Crippen LogP contribution in [-0.4, -0.2) is 30.4 Å². The Morgan fingerprint density at radius 3 is 1.77 bits per heavy atom. The lowest BCUT2D eigenvalue weighted by molar-refractivity contribution is -0.140. The lowest BCUT2D eigenvalue weighted by Gasteiger charge is -2.25. The average molecular weight is 419 g/mol. The van der Waals surface area contributed by atoms with Crippen molar-refractivity contribution >= 4 is 35.7 Å². The molecule has 0 bridgehead atoms. The van der Waals surface area contributed by atoms with Crippen LogP contribution >= 0.6 is 7.92 Å². The number of benzene rings is 3. The summed E-state index contributed by atoms with van der Waals surface area (Å²) < 4.78 is 5.75. The van der Waals surface area contributed by atoms with Crippen molar-refractivity contribution < 1.29 is 14.3 Å². The molecule has 0 unspecified atom stereocenters. The third kappa shape index (κ3) is 4.95. The molecule has 0 aliphatic heterocycles. The van der Waals surface area contributed by atoms with Crippen LogP contribution in [0.5, 0.6) is 5.75 Å². The fourth-order valence-electron chi connectivity index (χ4n) is 3.21. The van der Waals surface area contributed by atoms with Gasteiger partial charge in [-0.1, -0.05) is 66.7 Å². The number of nitrogens with zero attached hydrogens (tertiary/aromatic N) is 1. The van der Waals surface area contributed by atoms with E-state index >= 15 is 0 Å². The lowest BCUT2D eigenvalue weighted by atomic mass is 10.2. The number of ether oxygens (including phenoxy) is 1. The van der Waals surface area contributed by atoms with Gasteiger partial charge in [-0.2, -0.15) is 0 Å². The van der Waals surface area contributed by atoms with Gasteiger partial charge < -0.3 is 9.64 Å². The Labute approximate surface area is 179 Å². The van der Waals surface area contributed by atoms with Gasteiger partial charge >= 0.3 is 5.97 Å². The molecule has 0 aromatic heterocycles. The third-order valence-electron chi connectivity index (χ3n) is 4.95. The molecular weight excluding hydrogens is 393 g/mol. The predicted octanol–water partition coefficient (Wildman–Crippen LogP) is 3.45. The molecule has 0 fully saturated rings. The van der Waals surface area contributed by atoms with E-state index in [0.717, 1.165) is 5.30 Å². The summed E-state index contributed by atoms with van der Waals surface area (Å²) >= 11 is 0. The van der Waals surface area contributed by atoms with Gasteiger partial charge in [0.1, 0.15) is 12.3 Å². The summed E-state index contributed by atoms with van der Waals surface area (Å²) in [5.74, 6) is -0.0935. The maximum absolute atomic E-state index is 12.5. The van der Waals surface area contributed by atoms with Crippen molar-refractivity contribution in [3.63, 3.8) is 0 Å². The molecule has 3 aromatic carbocycles. The van der Waals surface area contributed by atoms with E-state index in [4.69, 9.17) is 4.74 Å². The van der Waals surface area contributed by atoms with Crippen LogP contribution in [0.4, 0.5) is 0 Å². The largest absolute Gasteiger partial charge is 0.425 e. The van der Waals surface area contributed by atoms with E-state index in [1.54, 1.807) is 7.05 Å². The van der Waals surface area contributed by atoms with Crippen molar-refractivity contribution in [1.82, 2.24) is 4.90 Å². The van der Waals surface area contributed by atoms with E-state index in [1.807, 2.05) is 48.5 Å². The van der Waals surface area contributed by atoms with Crippen LogP contribution < -0.4 is 20.7 Å². The number of para-hydroxylation sites is 1. The van der Waals surface area contributed by atoms with Gasteiger partial charge in [0.25, 0.3) is 0 Å². The first-order valence-electron chi connectivity index (χ1n) is 9.81. The quantitative estimate of drug-likeness (QED) is 0.349. The Bertz CT molecular complexity index is 1020. The first kappa shape index (κ1) is 21.7. The summed E-state index contributed by atoms with van der Waals surface area (Å²) in [5, 5.41) is 3.44. The van der Waals surface area contributed by atoms with Gasteiger partial charge in [-0.05, 0) is 49.6 Å². The second kappa shape index (κ2) is 9.69. The van der Waals surface area contributed by atoms with Crippen LogP contribution in [0.1, 0.15) is 18.1 Å². The molecule has 4 nitrogen and oxygen atoms in total. The molecule has 5 heteroatoms. The molecule has 0 N–H and O–H groups in total. The third-order valence-corrected chi connectivity index (χ3v) is 7.76. The van der Waals surface area contributed by atoms with Gasteiger partial charge in [-0.3, -0.25) is 4.79 Å². The molecule has 3 rings (SSSR count). The number of hydrogen-bond donors (Lipinski definition) is 0. The molecule has 0 aliphatic rings. The number of esters is 1. The molecule has 30 heavy (non-hydrogen) atoms. The van der Waals surface area contributed by atoms with Gasteiger partial charge in [-0.15, -0.1) is 0 Å². The van der Waals surface area contributed by atoms with E-state index < -0.39 is 13.9 Å². The number of amides is 1. The average Bonchev–Trinajstić information content (AvgIpc) is 2.72. The zero-order chi connectivity index (χ0) is 21.7. The summed E-state index contributed by atoms with van der Waals surface area (Å²) in [4.78, 5) is 25.3. The minimum atomic E-state index is -0.930. The first-order chi connectivity index (χ1) is 14.4. The minimum Gasteiger partial charge on any atom is -0.425 e. The maximum Gasteiger partial charge on any atom is 0.331 e.